The molecule has 5 nitrogen and oxygen atoms in total. The largest absolute Gasteiger partial charge is 0.494 e. The number of carbonyl (C=O) groups is 1. The fourth-order valence-corrected chi connectivity index (χ4v) is 1.55. The van der Waals surface area contributed by atoms with Gasteiger partial charge < -0.3 is 20.7 Å². The van der Waals surface area contributed by atoms with Crippen LogP contribution in [0.2, 0.25) is 5.02 Å². The van der Waals surface area contributed by atoms with Gasteiger partial charge in [0.05, 0.1) is 7.11 Å². The van der Waals surface area contributed by atoms with Crippen LogP contribution in [-0.2, 0) is 4.79 Å². The molecule has 0 aromatic heterocycles. The van der Waals surface area contributed by atoms with Gasteiger partial charge in [-0.05, 0) is 12.1 Å². The zero-order valence-corrected chi connectivity index (χ0v) is 9.61. The third-order valence-corrected chi connectivity index (χ3v) is 2.53. The zero-order valence-electron chi connectivity index (χ0n) is 8.85. The molecule has 0 spiro atoms. The van der Waals surface area contributed by atoms with Crippen LogP contribution in [0.25, 0.3) is 0 Å². The highest BCUT2D eigenvalue weighted by molar-refractivity contribution is 6.31. The first-order chi connectivity index (χ1) is 7.90. The highest BCUT2D eigenvalue weighted by Crippen LogP contribution is 2.33. The number of ether oxygens (including phenoxy) is 1. The van der Waals surface area contributed by atoms with Gasteiger partial charge in [-0.3, -0.25) is 4.79 Å². The highest BCUT2D eigenvalue weighted by atomic mass is 35.5. The number of carbonyl (C=O) groups excluding carboxylic acids is 1. The smallest absolute Gasteiger partial charge is 0.249 e. The Morgan fingerprint density at radius 3 is 2.59 bits per heavy atom. The lowest BCUT2D eigenvalue weighted by atomic mass is 10.0. The van der Waals surface area contributed by atoms with E-state index in [2.05, 4.69) is 4.74 Å². The molecule has 2 atom stereocenters. The number of halogens is 2. The molecule has 0 heterocycles. The second-order valence-corrected chi connectivity index (χ2v) is 3.68. The van der Waals surface area contributed by atoms with Crippen molar-refractivity contribution in [3.8, 4) is 5.75 Å². The first-order valence-electron chi connectivity index (χ1n) is 4.57. The number of hydrogen-bond donors (Lipinski definition) is 3. The van der Waals surface area contributed by atoms with Gasteiger partial charge in [0.25, 0.3) is 0 Å². The van der Waals surface area contributed by atoms with E-state index in [1.54, 1.807) is 0 Å². The fraction of sp³-hybridized carbons (Fsp3) is 0.300. The maximum atomic E-state index is 13.8. The predicted octanol–water partition coefficient (Wildman–Crippen LogP) is 0.367. The number of benzene rings is 1. The molecule has 4 N–H and O–H groups in total. The van der Waals surface area contributed by atoms with Gasteiger partial charge >= 0.3 is 0 Å². The van der Waals surface area contributed by atoms with Crippen LogP contribution in [0.4, 0.5) is 4.39 Å². The Hall–Kier alpha value is -1.37. The molecule has 0 fully saturated rings. The summed E-state index contributed by atoms with van der Waals surface area (Å²) >= 11 is 5.68. The normalized spacial score (nSPS) is 14.2. The van der Waals surface area contributed by atoms with Crippen LogP contribution in [-0.4, -0.2) is 29.3 Å². The number of aliphatic hydroxyl groups excluding tert-OH is 2. The average Bonchev–Trinajstić information content (AvgIpc) is 2.28. The Balaban J connectivity index is 3.25. The van der Waals surface area contributed by atoms with E-state index in [1.807, 2.05) is 0 Å². The van der Waals surface area contributed by atoms with Crippen molar-refractivity contribution in [2.75, 3.05) is 7.11 Å². The number of aliphatic hydroxyl groups is 2. The third kappa shape index (κ3) is 2.66. The lowest BCUT2D eigenvalue weighted by Gasteiger charge is -2.18. The molecule has 0 aliphatic carbocycles. The molecule has 0 saturated heterocycles. The summed E-state index contributed by atoms with van der Waals surface area (Å²) in [6, 6.07) is 2.53. The minimum absolute atomic E-state index is 0.142. The molecule has 0 saturated carbocycles. The summed E-state index contributed by atoms with van der Waals surface area (Å²) in [5, 5.41) is 18.7. The van der Waals surface area contributed by atoms with Gasteiger partial charge in [0.2, 0.25) is 5.91 Å². The molecular formula is C10H11ClFNO4. The van der Waals surface area contributed by atoms with Gasteiger partial charge in [-0.25, -0.2) is 4.39 Å². The number of methoxy groups -OCH3 is 1. The molecule has 0 aliphatic heterocycles. The van der Waals surface area contributed by atoms with Crippen LogP contribution < -0.4 is 10.5 Å². The van der Waals surface area contributed by atoms with E-state index in [4.69, 9.17) is 17.3 Å². The summed E-state index contributed by atoms with van der Waals surface area (Å²) < 4.78 is 18.5. The van der Waals surface area contributed by atoms with Crippen LogP contribution in [0.1, 0.15) is 11.7 Å². The van der Waals surface area contributed by atoms with E-state index in [0.29, 0.717) is 0 Å². The lowest BCUT2D eigenvalue weighted by Crippen LogP contribution is -2.34. The van der Waals surface area contributed by atoms with E-state index >= 15 is 0 Å². The van der Waals surface area contributed by atoms with Gasteiger partial charge in [0, 0.05) is 10.6 Å². The van der Waals surface area contributed by atoms with E-state index in [0.717, 1.165) is 0 Å². The quantitative estimate of drug-likeness (QED) is 0.732. The second kappa shape index (κ2) is 5.31. The van der Waals surface area contributed by atoms with Crippen molar-refractivity contribution < 1.29 is 24.1 Å². The van der Waals surface area contributed by atoms with E-state index < -0.39 is 29.5 Å². The van der Waals surface area contributed by atoms with Crippen molar-refractivity contribution in [2.45, 2.75) is 12.2 Å². The standard InChI is InChI=1S/C10H11ClFNO4/c1-17-5-3-2-4(11)6(7(5)12)8(14)9(15)10(13)16/h2-3,8-9,14-15H,1H3,(H2,13,16). The number of primary amides is 1. The van der Waals surface area contributed by atoms with Crippen LogP contribution >= 0.6 is 11.6 Å². The molecule has 1 aromatic rings. The molecule has 0 aliphatic rings. The number of nitrogens with two attached hydrogens (primary N) is 1. The molecular weight excluding hydrogens is 253 g/mol. The van der Waals surface area contributed by atoms with Crippen LogP contribution in [0.3, 0.4) is 0 Å². The molecule has 1 aromatic carbocycles. The summed E-state index contributed by atoms with van der Waals surface area (Å²) in [6.07, 6.45) is -3.80. The molecule has 0 radical (unpaired) electrons. The monoisotopic (exact) mass is 263 g/mol. The minimum Gasteiger partial charge on any atom is -0.494 e. The van der Waals surface area contributed by atoms with Gasteiger partial charge in [-0.1, -0.05) is 11.6 Å². The molecule has 17 heavy (non-hydrogen) atoms. The zero-order chi connectivity index (χ0) is 13.2. The van der Waals surface area contributed by atoms with Crippen LogP contribution in [0.15, 0.2) is 12.1 Å². The average molecular weight is 264 g/mol. The van der Waals surface area contributed by atoms with Crippen LogP contribution in [0, 0.1) is 5.82 Å². The van der Waals surface area contributed by atoms with Crippen molar-refractivity contribution in [2.24, 2.45) is 5.73 Å². The maximum Gasteiger partial charge on any atom is 0.249 e. The molecule has 7 heteroatoms. The number of rotatable bonds is 4. The first-order valence-corrected chi connectivity index (χ1v) is 4.95. The van der Waals surface area contributed by atoms with Crippen LogP contribution in [0.5, 0.6) is 5.75 Å². The topological polar surface area (TPSA) is 92.8 Å². The SMILES string of the molecule is COc1ccc(Cl)c(C(O)C(O)C(N)=O)c1F. The molecule has 2 unspecified atom stereocenters. The van der Waals surface area contributed by atoms with Crippen molar-refractivity contribution >= 4 is 17.5 Å². The van der Waals surface area contributed by atoms with Gasteiger partial charge in [-0.15, -0.1) is 0 Å². The minimum atomic E-state index is -1.95. The molecule has 1 amide bonds. The number of hydrogen-bond acceptors (Lipinski definition) is 4. The van der Waals surface area contributed by atoms with E-state index in [9.17, 15) is 19.4 Å². The second-order valence-electron chi connectivity index (χ2n) is 3.27. The Labute approximate surface area is 102 Å². The maximum absolute atomic E-state index is 13.8. The lowest BCUT2D eigenvalue weighted by molar-refractivity contribution is -0.132. The first kappa shape index (κ1) is 13.7. The Morgan fingerprint density at radius 2 is 2.12 bits per heavy atom. The number of amides is 1. The van der Waals surface area contributed by atoms with Crippen molar-refractivity contribution in [3.05, 3.63) is 28.5 Å². The molecule has 94 valence electrons. The van der Waals surface area contributed by atoms with Crippen molar-refractivity contribution in [3.63, 3.8) is 0 Å². The van der Waals surface area contributed by atoms with Crippen molar-refractivity contribution in [1.82, 2.24) is 0 Å². The summed E-state index contributed by atoms with van der Waals surface area (Å²) in [4.78, 5) is 10.7. The predicted molar refractivity (Wildman–Crippen MR) is 58.1 cm³/mol. The summed E-state index contributed by atoms with van der Waals surface area (Å²) in [7, 11) is 1.23. The van der Waals surface area contributed by atoms with E-state index in [-0.39, 0.29) is 10.8 Å². The third-order valence-electron chi connectivity index (χ3n) is 2.20. The molecule has 0 bridgehead atoms. The van der Waals surface area contributed by atoms with Crippen molar-refractivity contribution in [1.29, 1.82) is 0 Å². The van der Waals surface area contributed by atoms with E-state index in [1.165, 1.54) is 19.2 Å². The Morgan fingerprint density at radius 1 is 1.53 bits per heavy atom. The highest BCUT2D eigenvalue weighted by Gasteiger charge is 2.29. The summed E-state index contributed by atoms with van der Waals surface area (Å²) in [5.41, 5.74) is 4.37. The van der Waals surface area contributed by atoms with Gasteiger partial charge in [-0.2, -0.15) is 0 Å². The molecule has 1 rings (SSSR count). The Bertz CT molecular complexity index is 441. The summed E-state index contributed by atoms with van der Waals surface area (Å²) in [6.45, 7) is 0. The van der Waals surface area contributed by atoms with Gasteiger partial charge in [0.15, 0.2) is 17.7 Å². The Kier molecular flexibility index (Phi) is 4.28. The summed E-state index contributed by atoms with van der Waals surface area (Å²) in [5.74, 6) is -2.30. The van der Waals surface area contributed by atoms with Gasteiger partial charge in [0.1, 0.15) is 6.10 Å². The fourth-order valence-electron chi connectivity index (χ4n) is 1.29.